The predicted octanol–water partition coefficient (Wildman–Crippen LogP) is 3.42. The Bertz CT molecular complexity index is 951. The number of aromatic amines is 2. The minimum Gasteiger partial charge on any atom is -0.494 e. The molecule has 0 saturated heterocycles. The molecule has 5 nitrogen and oxygen atoms in total. The Morgan fingerprint density at radius 1 is 1.14 bits per heavy atom. The topological polar surface area (TPSA) is 66.6 Å². The summed E-state index contributed by atoms with van der Waals surface area (Å²) in [4.78, 5) is 7.57. The zero-order chi connectivity index (χ0) is 14.4. The van der Waals surface area contributed by atoms with Crippen LogP contribution < -0.4 is 4.74 Å². The van der Waals surface area contributed by atoms with Gasteiger partial charge in [-0.05, 0) is 36.8 Å². The SMILES string of the molecule is COc1ccc(-c2ccc3n[nH]c(C)c3c2)c2nc[nH]c12. The van der Waals surface area contributed by atoms with Gasteiger partial charge in [-0.1, -0.05) is 6.07 Å². The number of imidazole rings is 1. The van der Waals surface area contributed by atoms with E-state index in [1.165, 1.54) is 0 Å². The number of aromatic nitrogens is 4. The maximum Gasteiger partial charge on any atom is 0.144 e. The van der Waals surface area contributed by atoms with Gasteiger partial charge in [-0.2, -0.15) is 5.10 Å². The highest BCUT2D eigenvalue weighted by molar-refractivity contribution is 5.97. The Hall–Kier alpha value is -2.82. The highest BCUT2D eigenvalue weighted by Crippen LogP contribution is 2.33. The maximum absolute atomic E-state index is 5.37. The molecule has 0 unspecified atom stereocenters. The Kier molecular flexibility index (Phi) is 2.47. The first kappa shape index (κ1) is 12.0. The fraction of sp³-hybridized carbons (Fsp3) is 0.125. The van der Waals surface area contributed by atoms with Crippen molar-refractivity contribution in [1.29, 1.82) is 0 Å². The van der Waals surface area contributed by atoms with Crippen LogP contribution in [0.15, 0.2) is 36.7 Å². The molecular formula is C16H14N4O. The van der Waals surface area contributed by atoms with Crippen LogP contribution in [0.4, 0.5) is 0 Å². The van der Waals surface area contributed by atoms with E-state index in [4.69, 9.17) is 4.74 Å². The van der Waals surface area contributed by atoms with Gasteiger partial charge < -0.3 is 9.72 Å². The Balaban J connectivity index is 1.99. The summed E-state index contributed by atoms with van der Waals surface area (Å²) in [6.45, 7) is 2.03. The quantitative estimate of drug-likeness (QED) is 0.590. The van der Waals surface area contributed by atoms with Crippen LogP contribution in [0.3, 0.4) is 0 Å². The molecule has 2 aromatic carbocycles. The lowest BCUT2D eigenvalue weighted by Crippen LogP contribution is -1.87. The van der Waals surface area contributed by atoms with Crippen molar-refractivity contribution in [1.82, 2.24) is 20.2 Å². The summed E-state index contributed by atoms with van der Waals surface area (Å²) >= 11 is 0. The molecule has 0 radical (unpaired) electrons. The first-order chi connectivity index (χ1) is 10.3. The third-order valence-electron chi connectivity index (χ3n) is 3.82. The van der Waals surface area contributed by atoms with E-state index in [0.717, 1.165) is 44.5 Å². The fourth-order valence-electron chi connectivity index (χ4n) is 2.72. The van der Waals surface area contributed by atoms with Gasteiger partial charge in [0.05, 0.1) is 24.5 Å². The zero-order valence-corrected chi connectivity index (χ0v) is 11.8. The summed E-state index contributed by atoms with van der Waals surface area (Å²) in [7, 11) is 1.66. The normalized spacial score (nSPS) is 11.3. The number of nitrogens with zero attached hydrogens (tertiary/aromatic N) is 2. The van der Waals surface area contributed by atoms with Crippen molar-refractivity contribution in [2.24, 2.45) is 0 Å². The summed E-state index contributed by atoms with van der Waals surface area (Å²) < 4.78 is 5.37. The molecule has 2 heterocycles. The fourth-order valence-corrected chi connectivity index (χ4v) is 2.72. The number of methoxy groups -OCH3 is 1. The van der Waals surface area contributed by atoms with E-state index in [0.29, 0.717) is 0 Å². The second-order valence-electron chi connectivity index (χ2n) is 5.02. The average Bonchev–Trinajstić information content (AvgIpc) is 3.13. The van der Waals surface area contributed by atoms with E-state index >= 15 is 0 Å². The molecule has 0 aliphatic heterocycles. The van der Waals surface area contributed by atoms with Gasteiger partial charge >= 0.3 is 0 Å². The van der Waals surface area contributed by atoms with E-state index in [-0.39, 0.29) is 0 Å². The molecule has 5 heteroatoms. The second-order valence-corrected chi connectivity index (χ2v) is 5.02. The van der Waals surface area contributed by atoms with Gasteiger partial charge in [0, 0.05) is 16.6 Å². The van der Waals surface area contributed by atoms with Crippen molar-refractivity contribution < 1.29 is 4.74 Å². The monoisotopic (exact) mass is 278 g/mol. The Labute approximate surface area is 121 Å². The van der Waals surface area contributed by atoms with Crippen molar-refractivity contribution in [2.45, 2.75) is 6.92 Å². The molecule has 4 rings (SSSR count). The number of fused-ring (bicyclic) bond motifs is 2. The van der Waals surface area contributed by atoms with E-state index in [9.17, 15) is 0 Å². The molecule has 0 fully saturated rings. The molecular weight excluding hydrogens is 264 g/mol. The minimum atomic E-state index is 0.798. The number of hydrogen-bond donors (Lipinski definition) is 2. The molecule has 0 amide bonds. The summed E-state index contributed by atoms with van der Waals surface area (Å²) in [5.74, 6) is 0.798. The van der Waals surface area contributed by atoms with Crippen LogP contribution in [0.2, 0.25) is 0 Å². The number of nitrogens with one attached hydrogen (secondary N) is 2. The van der Waals surface area contributed by atoms with Crippen LogP contribution >= 0.6 is 0 Å². The molecule has 2 N–H and O–H groups in total. The van der Waals surface area contributed by atoms with Crippen LogP contribution in [0.25, 0.3) is 33.1 Å². The van der Waals surface area contributed by atoms with Crippen molar-refractivity contribution in [3.05, 3.63) is 42.4 Å². The molecule has 0 atom stereocenters. The molecule has 2 aromatic heterocycles. The molecule has 0 saturated carbocycles. The van der Waals surface area contributed by atoms with Crippen molar-refractivity contribution in [3.63, 3.8) is 0 Å². The van der Waals surface area contributed by atoms with Crippen molar-refractivity contribution in [2.75, 3.05) is 7.11 Å². The summed E-state index contributed by atoms with van der Waals surface area (Å²) in [6.07, 6.45) is 1.69. The van der Waals surface area contributed by atoms with Crippen LogP contribution in [0.5, 0.6) is 5.75 Å². The largest absolute Gasteiger partial charge is 0.494 e. The lowest BCUT2D eigenvalue weighted by atomic mass is 10.0. The number of ether oxygens (including phenoxy) is 1. The van der Waals surface area contributed by atoms with E-state index in [1.807, 2.05) is 25.1 Å². The van der Waals surface area contributed by atoms with Crippen molar-refractivity contribution >= 4 is 21.9 Å². The van der Waals surface area contributed by atoms with E-state index < -0.39 is 0 Å². The van der Waals surface area contributed by atoms with Crippen LogP contribution in [0.1, 0.15) is 5.69 Å². The Morgan fingerprint density at radius 3 is 2.90 bits per heavy atom. The molecule has 0 aliphatic rings. The highest BCUT2D eigenvalue weighted by atomic mass is 16.5. The van der Waals surface area contributed by atoms with Gasteiger partial charge in [0.1, 0.15) is 11.3 Å². The first-order valence-corrected chi connectivity index (χ1v) is 6.73. The molecule has 0 bridgehead atoms. The Morgan fingerprint density at radius 2 is 2.05 bits per heavy atom. The third kappa shape index (κ3) is 1.71. The van der Waals surface area contributed by atoms with Crippen molar-refractivity contribution in [3.8, 4) is 16.9 Å². The first-order valence-electron chi connectivity index (χ1n) is 6.73. The summed E-state index contributed by atoms with van der Waals surface area (Å²) in [6, 6.07) is 10.2. The average molecular weight is 278 g/mol. The van der Waals surface area contributed by atoms with E-state index in [1.54, 1.807) is 13.4 Å². The molecule has 0 aliphatic carbocycles. The number of hydrogen-bond acceptors (Lipinski definition) is 3. The van der Waals surface area contributed by atoms with E-state index in [2.05, 4.69) is 32.3 Å². The predicted molar refractivity (Wildman–Crippen MR) is 82.5 cm³/mol. The van der Waals surface area contributed by atoms with Gasteiger partial charge in [-0.15, -0.1) is 0 Å². The lowest BCUT2D eigenvalue weighted by Gasteiger charge is -2.06. The smallest absolute Gasteiger partial charge is 0.144 e. The zero-order valence-electron chi connectivity index (χ0n) is 11.8. The van der Waals surface area contributed by atoms with Crippen LogP contribution in [-0.4, -0.2) is 27.3 Å². The highest BCUT2D eigenvalue weighted by Gasteiger charge is 2.12. The van der Waals surface area contributed by atoms with Gasteiger partial charge in [0.25, 0.3) is 0 Å². The number of benzene rings is 2. The van der Waals surface area contributed by atoms with Gasteiger partial charge in [0.2, 0.25) is 0 Å². The second kappa shape index (κ2) is 4.34. The maximum atomic E-state index is 5.37. The lowest BCUT2D eigenvalue weighted by molar-refractivity contribution is 0.419. The van der Waals surface area contributed by atoms with Gasteiger partial charge in [-0.25, -0.2) is 4.98 Å². The minimum absolute atomic E-state index is 0.798. The molecule has 104 valence electrons. The van der Waals surface area contributed by atoms with Gasteiger partial charge in [-0.3, -0.25) is 5.10 Å². The number of aryl methyl sites for hydroxylation is 1. The third-order valence-corrected chi connectivity index (χ3v) is 3.82. The number of H-pyrrole nitrogens is 2. The van der Waals surface area contributed by atoms with Crippen LogP contribution in [-0.2, 0) is 0 Å². The summed E-state index contributed by atoms with van der Waals surface area (Å²) in [5.41, 5.74) is 6.07. The number of rotatable bonds is 2. The standard InChI is InChI=1S/C16H14N4O/c1-9-12-7-10(3-5-13(12)20-19-9)11-4-6-14(21-2)16-15(11)17-8-18-16/h3-8H,1-2H3,(H,17,18)(H,19,20). The summed E-state index contributed by atoms with van der Waals surface area (Å²) in [5, 5.41) is 8.41. The molecule has 21 heavy (non-hydrogen) atoms. The van der Waals surface area contributed by atoms with Gasteiger partial charge in [0.15, 0.2) is 0 Å². The molecule has 0 spiro atoms. The molecule has 4 aromatic rings. The van der Waals surface area contributed by atoms with Crippen LogP contribution in [0, 0.1) is 6.92 Å².